The van der Waals surface area contributed by atoms with Gasteiger partial charge >= 0.3 is 5.69 Å². The van der Waals surface area contributed by atoms with Crippen LogP contribution in [-0.4, -0.2) is 35.6 Å². The molecule has 0 spiro atoms. The number of hydrogen-bond donors (Lipinski definition) is 1. The van der Waals surface area contributed by atoms with Gasteiger partial charge in [0.25, 0.3) is 5.56 Å². The molecule has 0 bridgehead atoms. The highest BCUT2D eigenvalue weighted by Crippen LogP contribution is 2.27. The van der Waals surface area contributed by atoms with E-state index in [0.29, 0.717) is 16.5 Å². The number of fused-ring (bicyclic) bond motifs is 1. The van der Waals surface area contributed by atoms with Crippen molar-refractivity contribution in [1.82, 2.24) is 24.1 Å². The van der Waals surface area contributed by atoms with Crippen molar-refractivity contribution in [1.29, 1.82) is 0 Å². The maximum Gasteiger partial charge on any atom is 0.332 e. The van der Waals surface area contributed by atoms with Crippen molar-refractivity contribution in [2.75, 3.05) is 5.75 Å². The first kappa shape index (κ1) is 19.1. The lowest BCUT2D eigenvalue weighted by Gasteiger charge is -2.19. The second-order valence-corrected chi connectivity index (χ2v) is 8.27. The van der Waals surface area contributed by atoms with Crippen molar-refractivity contribution >= 4 is 28.6 Å². The maximum atomic E-state index is 12.7. The number of aryl methyl sites for hydroxylation is 1. The van der Waals surface area contributed by atoms with Gasteiger partial charge in [-0.3, -0.25) is 18.7 Å². The van der Waals surface area contributed by atoms with Crippen molar-refractivity contribution in [3.63, 3.8) is 0 Å². The average molecular weight is 387 g/mol. The summed E-state index contributed by atoms with van der Waals surface area (Å²) in [6, 6.07) is 3.45. The van der Waals surface area contributed by atoms with Crippen molar-refractivity contribution in [2.45, 2.75) is 31.2 Å². The van der Waals surface area contributed by atoms with E-state index in [0.717, 1.165) is 4.57 Å². The first-order chi connectivity index (χ1) is 12.6. The number of aromatic amines is 1. The van der Waals surface area contributed by atoms with E-state index >= 15 is 0 Å². The van der Waals surface area contributed by atoms with E-state index in [2.05, 4.69) is 15.0 Å². The summed E-state index contributed by atoms with van der Waals surface area (Å²) in [5, 5.41) is 0.651. The standard InChI is InChI=1S/C18H21N5O3S/c1-18(2,3)16-20-13-12(15(25)23(5)17(26)22(13)4)14(21-16)27-9-11(24)10-7-6-8-19-10/h6-8,19H,9H2,1-5H3. The van der Waals surface area contributed by atoms with Gasteiger partial charge in [0.2, 0.25) is 0 Å². The highest BCUT2D eigenvalue weighted by molar-refractivity contribution is 8.00. The lowest BCUT2D eigenvalue weighted by molar-refractivity contribution is 0.101. The van der Waals surface area contributed by atoms with E-state index in [4.69, 9.17) is 0 Å². The molecule has 0 atom stereocenters. The number of ketones is 1. The lowest BCUT2D eigenvalue weighted by Crippen LogP contribution is -2.38. The maximum absolute atomic E-state index is 12.7. The van der Waals surface area contributed by atoms with Gasteiger partial charge in [-0.1, -0.05) is 32.5 Å². The lowest BCUT2D eigenvalue weighted by atomic mass is 9.96. The van der Waals surface area contributed by atoms with Crippen LogP contribution < -0.4 is 11.2 Å². The van der Waals surface area contributed by atoms with Crippen LogP contribution in [0.25, 0.3) is 11.0 Å². The summed E-state index contributed by atoms with van der Waals surface area (Å²) in [6.07, 6.45) is 1.68. The Morgan fingerprint density at radius 1 is 1.19 bits per heavy atom. The Balaban J connectivity index is 2.18. The van der Waals surface area contributed by atoms with Crippen molar-refractivity contribution in [3.05, 3.63) is 50.7 Å². The Morgan fingerprint density at radius 2 is 1.89 bits per heavy atom. The Hall–Kier alpha value is -2.68. The van der Waals surface area contributed by atoms with E-state index < -0.39 is 11.2 Å². The van der Waals surface area contributed by atoms with Crippen LogP contribution in [0.3, 0.4) is 0 Å². The van der Waals surface area contributed by atoms with Crippen LogP contribution in [0.2, 0.25) is 0 Å². The smallest absolute Gasteiger partial charge is 0.332 e. The molecule has 142 valence electrons. The number of carbonyl (C=O) groups excluding carboxylic acids is 1. The van der Waals surface area contributed by atoms with E-state index in [1.165, 1.54) is 23.4 Å². The number of H-pyrrole nitrogens is 1. The number of carbonyl (C=O) groups is 1. The van der Waals surface area contributed by atoms with Crippen molar-refractivity contribution < 1.29 is 4.79 Å². The molecule has 0 aromatic carbocycles. The molecule has 0 fully saturated rings. The summed E-state index contributed by atoms with van der Waals surface area (Å²) in [7, 11) is 2.99. The van der Waals surface area contributed by atoms with Crippen LogP contribution in [0.15, 0.2) is 32.9 Å². The predicted octanol–water partition coefficient (Wildman–Crippen LogP) is 1.63. The quantitative estimate of drug-likeness (QED) is 0.415. The fourth-order valence-electron chi connectivity index (χ4n) is 2.58. The van der Waals surface area contributed by atoms with Crippen LogP contribution in [-0.2, 0) is 19.5 Å². The Bertz CT molecular complexity index is 1140. The van der Waals surface area contributed by atoms with Crippen LogP contribution in [0, 0.1) is 0 Å². The van der Waals surface area contributed by atoms with Gasteiger partial charge in [-0.05, 0) is 12.1 Å². The molecular weight excluding hydrogens is 366 g/mol. The summed E-state index contributed by atoms with van der Waals surface area (Å²) in [4.78, 5) is 49.3. The molecule has 8 nitrogen and oxygen atoms in total. The first-order valence-electron chi connectivity index (χ1n) is 8.39. The Kier molecular flexibility index (Phi) is 4.81. The zero-order valence-electron chi connectivity index (χ0n) is 15.9. The van der Waals surface area contributed by atoms with Gasteiger partial charge in [0.15, 0.2) is 11.4 Å². The van der Waals surface area contributed by atoms with Crippen LogP contribution >= 0.6 is 11.8 Å². The van der Waals surface area contributed by atoms with E-state index in [1.54, 1.807) is 25.4 Å². The molecule has 0 aliphatic heterocycles. The van der Waals surface area contributed by atoms with Gasteiger partial charge in [0, 0.05) is 25.7 Å². The second-order valence-electron chi connectivity index (χ2n) is 7.30. The minimum Gasteiger partial charge on any atom is -0.359 e. The zero-order chi connectivity index (χ0) is 19.9. The van der Waals surface area contributed by atoms with Gasteiger partial charge in [0.05, 0.1) is 11.4 Å². The summed E-state index contributed by atoms with van der Waals surface area (Å²) < 4.78 is 2.36. The molecule has 0 amide bonds. The fourth-order valence-corrected chi connectivity index (χ4v) is 3.48. The number of thioether (sulfide) groups is 1. The fraction of sp³-hybridized carbons (Fsp3) is 0.389. The molecular formula is C18H21N5O3S. The summed E-state index contributed by atoms with van der Waals surface area (Å²) in [5.41, 5.74) is -0.535. The number of Topliss-reactive ketones (excluding diaryl/α,β-unsaturated/α-hetero) is 1. The highest BCUT2D eigenvalue weighted by atomic mass is 32.2. The number of nitrogens with one attached hydrogen (secondary N) is 1. The van der Waals surface area contributed by atoms with Gasteiger partial charge in [0.1, 0.15) is 16.2 Å². The average Bonchev–Trinajstić information content (AvgIpc) is 3.15. The molecule has 27 heavy (non-hydrogen) atoms. The largest absolute Gasteiger partial charge is 0.359 e. The van der Waals surface area contributed by atoms with E-state index in [9.17, 15) is 14.4 Å². The molecule has 1 N–H and O–H groups in total. The number of hydrogen-bond acceptors (Lipinski definition) is 6. The van der Waals surface area contributed by atoms with Crippen LogP contribution in [0.5, 0.6) is 0 Å². The second kappa shape index (κ2) is 6.80. The summed E-state index contributed by atoms with van der Waals surface area (Å²) in [6.45, 7) is 5.85. The molecule has 0 radical (unpaired) electrons. The SMILES string of the molecule is Cn1c(=O)c2c(SCC(=O)c3ccc[nH]3)nc(C(C)(C)C)nc2n(C)c1=O. The Labute approximate surface area is 159 Å². The molecule has 0 saturated heterocycles. The molecule has 0 saturated carbocycles. The number of aromatic nitrogens is 5. The summed E-state index contributed by atoms with van der Waals surface area (Å²) >= 11 is 1.17. The van der Waals surface area contributed by atoms with Crippen molar-refractivity contribution in [3.8, 4) is 0 Å². The molecule has 9 heteroatoms. The van der Waals surface area contributed by atoms with Crippen LogP contribution in [0.4, 0.5) is 0 Å². The number of rotatable bonds is 4. The highest BCUT2D eigenvalue weighted by Gasteiger charge is 2.24. The van der Waals surface area contributed by atoms with Gasteiger partial charge < -0.3 is 4.98 Å². The molecule has 3 heterocycles. The molecule has 3 aromatic rings. The minimum atomic E-state index is -0.469. The minimum absolute atomic E-state index is 0.101. The third-order valence-electron chi connectivity index (χ3n) is 4.18. The third kappa shape index (κ3) is 3.46. The van der Waals surface area contributed by atoms with E-state index in [-0.39, 0.29) is 28.0 Å². The molecule has 3 rings (SSSR count). The third-order valence-corrected chi connectivity index (χ3v) is 5.15. The van der Waals surface area contributed by atoms with Gasteiger partial charge in [-0.2, -0.15) is 0 Å². The monoisotopic (exact) mass is 387 g/mol. The molecule has 0 unspecified atom stereocenters. The molecule has 0 aliphatic rings. The predicted molar refractivity (Wildman–Crippen MR) is 105 cm³/mol. The van der Waals surface area contributed by atoms with Gasteiger partial charge in [-0.25, -0.2) is 14.8 Å². The van der Waals surface area contributed by atoms with E-state index in [1.807, 2.05) is 20.8 Å². The normalized spacial score (nSPS) is 11.9. The zero-order valence-corrected chi connectivity index (χ0v) is 16.7. The Morgan fingerprint density at radius 3 is 2.48 bits per heavy atom. The van der Waals surface area contributed by atoms with Crippen LogP contribution in [0.1, 0.15) is 37.1 Å². The van der Waals surface area contributed by atoms with Crippen molar-refractivity contribution in [2.24, 2.45) is 14.1 Å². The molecule has 0 aliphatic carbocycles. The first-order valence-corrected chi connectivity index (χ1v) is 9.37. The van der Waals surface area contributed by atoms with Gasteiger partial charge in [-0.15, -0.1) is 0 Å². The summed E-state index contributed by atoms with van der Waals surface area (Å²) in [5.74, 6) is 0.520. The number of nitrogens with zero attached hydrogens (tertiary/aromatic N) is 4. The molecule has 3 aromatic heterocycles. The topological polar surface area (TPSA) is 103 Å².